The number of hydrogen-bond donors (Lipinski definition) is 2. The number of carbonyl (C=O) groups is 1. The average Bonchev–Trinajstić information content (AvgIpc) is 3.00. The molecule has 0 fully saturated rings. The molecule has 1 atom stereocenters. The Labute approximate surface area is 153 Å². The van der Waals surface area contributed by atoms with Crippen LogP contribution in [0, 0.1) is 0 Å². The van der Waals surface area contributed by atoms with Crippen molar-refractivity contribution in [3.8, 4) is 0 Å². The SMILES string of the molecule is CC.CC.CCOC(=O)C1C=C(C2=C(C)C=C(N(C)C)NC2)N(C)N1. The molecule has 6 nitrogen and oxygen atoms in total. The standard InChI is InChI=1S/C15H24N4O2.2C2H6/c1-6-21-15(20)12-8-13(19(5)17-12)11-9-16-14(18(3)4)7-10(11)2;2*1-2/h7-8,12,16-17H,6,9H2,1-5H3;2*1-2H3. The van der Waals surface area contributed by atoms with Crippen LogP contribution in [0.15, 0.2) is 34.8 Å². The zero-order chi connectivity index (χ0) is 19.6. The van der Waals surface area contributed by atoms with Gasteiger partial charge < -0.3 is 20.0 Å². The largest absolute Gasteiger partial charge is 0.465 e. The third-order valence-corrected chi connectivity index (χ3v) is 3.63. The Kier molecular flexibility index (Phi) is 10.7. The lowest BCUT2D eigenvalue weighted by atomic mass is 10.0. The molecule has 6 heteroatoms. The predicted molar refractivity (Wildman–Crippen MR) is 105 cm³/mol. The first-order valence-electron chi connectivity index (χ1n) is 9.15. The van der Waals surface area contributed by atoms with E-state index in [9.17, 15) is 4.79 Å². The monoisotopic (exact) mass is 352 g/mol. The predicted octanol–water partition coefficient (Wildman–Crippen LogP) is 2.63. The summed E-state index contributed by atoms with van der Waals surface area (Å²) in [7, 11) is 5.93. The van der Waals surface area contributed by atoms with Crippen LogP contribution in [0.5, 0.6) is 0 Å². The summed E-state index contributed by atoms with van der Waals surface area (Å²) < 4.78 is 5.06. The number of nitrogens with zero attached hydrogens (tertiary/aromatic N) is 2. The molecule has 0 amide bonds. The van der Waals surface area contributed by atoms with Crippen LogP contribution in [-0.2, 0) is 9.53 Å². The summed E-state index contributed by atoms with van der Waals surface area (Å²) in [6.45, 7) is 13.0. The van der Waals surface area contributed by atoms with Crippen molar-refractivity contribution in [3.05, 3.63) is 34.8 Å². The number of dihydropyridines is 1. The highest BCUT2D eigenvalue weighted by atomic mass is 16.5. The summed E-state index contributed by atoms with van der Waals surface area (Å²) in [6, 6.07) is -0.413. The lowest BCUT2D eigenvalue weighted by Gasteiger charge is -2.28. The Morgan fingerprint density at radius 2 is 1.92 bits per heavy atom. The van der Waals surface area contributed by atoms with E-state index in [0.29, 0.717) is 6.61 Å². The summed E-state index contributed by atoms with van der Waals surface area (Å²) >= 11 is 0. The molecule has 0 aromatic carbocycles. The van der Waals surface area contributed by atoms with Crippen LogP contribution in [-0.4, -0.2) is 56.2 Å². The van der Waals surface area contributed by atoms with E-state index < -0.39 is 6.04 Å². The highest BCUT2D eigenvalue weighted by Crippen LogP contribution is 2.25. The second kappa shape index (κ2) is 11.6. The van der Waals surface area contributed by atoms with E-state index in [1.54, 1.807) is 0 Å². The fourth-order valence-corrected chi connectivity index (χ4v) is 2.48. The van der Waals surface area contributed by atoms with Crippen molar-refractivity contribution in [2.24, 2.45) is 0 Å². The maximum Gasteiger partial charge on any atom is 0.329 e. The van der Waals surface area contributed by atoms with Gasteiger partial charge in [0, 0.05) is 27.7 Å². The van der Waals surface area contributed by atoms with Crippen LogP contribution >= 0.6 is 0 Å². The van der Waals surface area contributed by atoms with Gasteiger partial charge in [0.05, 0.1) is 12.3 Å². The summed E-state index contributed by atoms with van der Waals surface area (Å²) in [6.07, 6.45) is 4.04. The molecule has 0 aliphatic carbocycles. The number of allylic oxidation sites excluding steroid dienone is 2. The van der Waals surface area contributed by atoms with Crippen LogP contribution in [0.1, 0.15) is 41.5 Å². The van der Waals surface area contributed by atoms with Crippen molar-refractivity contribution < 1.29 is 9.53 Å². The molecule has 0 saturated heterocycles. The summed E-state index contributed by atoms with van der Waals surface area (Å²) in [4.78, 5) is 13.9. The molecule has 2 heterocycles. The van der Waals surface area contributed by atoms with Gasteiger partial charge in [-0.2, -0.15) is 0 Å². The second-order valence-electron chi connectivity index (χ2n) is 5.41. The molecule has 0 aromatic heterocycles. The molecule has 144 valence electrons. The number of carbonyl (C=O) groups excluding carboxylic acids is 1. The number of nitrogens with one attached hydrogen (secondary N) is 2. The maximum atomic E-state index is 11.8. The Morgan fingerprint density at radius 3 is 2.40 bits per heavy atom. The molecule has 0 bridgehead atoms. The first kappa shape index (κ1) is 23.1. The normalized spacial score (nSPS) is 18.8. The Hall–Kier alpha value is -1.95. The second-order valence-corrected chi connectivity index (χ2v) is 5.41. The van der Waals surface area contributed by atoms with Gasteiger partial charge in [-0.05, 0) is 37.1 Å². The summed E-state index contributed by atoms with van der Waals surface area (Å²) in [5.74, 6) is 0.846. The first-order chi connectivity index (χ1) is 11.9. The van der Waals surface area contributed by atoms with Gasteiger partial charge in [-0.3, -0.25) is 0 Å². The van der Waals surface area contributed by atoms with Gasteiger partial charge in [-0.25, -0.2) is 10.2 Å². The topological polar surface area (TPSA) is 56.8 Å². The van der Waals surface area contributed by atoms with Crippen molar-refractivity contribution in [1.82, 2.24) is 20.7 Å². The minimum Gasteiger partial charge on any atom is -0.465 e. The lowest BCUT2D eigenvalue weighted by molar-refractivity contribution is -0.144. The molecule has 0 aromatic rings. The van der Waals surface area contributed by atoms with Gasteiger partial charge in [0.15, 0.2) is 0 Å². The van der Waals surface area contributed by atoms with E-state index in [0.717, 1.165) is 18.1 Å². The fraction of sp³-hybridized carbons (Fsp3) is 0.632. The third kappa shape index (κ3) is 6.12. The highest BCUT2D eigenvalue weighted by molar-refractivity contribution is 5.79. The molecular formula is C19H36N4O2. The first-order valence-corrected chi connectivity index (χ1v) is 9.15. The Bertz CT molecular complexity index is 522. The van der Waals surface area contributed by atoms with E-state index in [1.165, 1.54) is 11.1 Å². The number of likely N-dealkylation sites (N-methyl/N-ethyl adjacent to an activating group) is 1. The van der Waals surface area contributed by atoms with Crippen molar-refractivity contribution in [1.29, 1.82) is 0 Å². The number of esters is 1. The minimum absolute atomic E-state index is 0.245. The van der Waals surface area contributed by atoms with Gasteiger partial charge in [-0.1, -0.05) is 27.7 Å². The minimum atomic E-state index is -0.413. The van der Waals surface area contributed by atoms with Crippen molar-refractivity contribution in [2.75, 3.05) is 34.3 Å². The molecular weight excluding hydrogens is 316 g/mol. The van der Waals surface area contributed by atoms with Gasteiger partial charge in [-0.15, -0.1) is 0 Å². The molecule has 2 N–H and O–H groups in total. The van der Waals surface area contributed by atoms with E-state index in [1.807, 2.05) is 71.7 Å². The quantitative estimate of drug-likeness (QED) is 0.759. The zero-order valence-corrected chi connectivity index (χ0v) is 17.4. The van der Waals surface area contributed by atoms with Crippen molar-refractivity contribution in [2.45, 2.75) is 47.6 Å². The van der Waals surface area contributed by atoms with Crippen molar-refractivity contribution >= 4 is 5.97 Å². The van der Waals surface area contributed by atoms with E-state index >= 15 is 0 Å². The number of rotatable bonds is 4. The Balaban J connectivity index is 0.00000134. The van der Waals surface area contributed by atoms with Gasteiger partial charge >= 0.3 is 5.97 Å². The summed E-state index contributed by atoms with van der Waals surface area (Å²) in [5, 5.41) is 5.27. The maximum absolute atomic E-state index is 11.8. The fourth-order valence-electron chi connectivity index (χ4n) is 2.48. The molecule has 1 unspecified atom stereocenters. The zero-order valence-electron chi connectivity index (χ0n) is 17.4. The lowest BCUT2D eigenvalue weighted by Crippen LogP contribution is -2.40. The number of hydrogen-bond acceptors (Lipinski definition) is 6. The molecule has 2 rings (SSSR count). The van der Waals surface area contributed by atoms with Crippen LogP contribution in [0.4, 0.5) is 0 Å². The van der Waals surface area contributed by atoms with E-state index in [-0.39, 0.29) is 5.97 Å². The molecule has 0 radical (unpaired) electrons. The van der Waals surface area contributed by atoms with Crippen molar-refractivity contribution in [3.63, 3.8) is 0 Å². The van der Waals surface area contributed by atoms with Crippen LogP contribution in [0.25, 0.3) is 0 Å². The highest BCUT2D eigenvalue weighted by Gasteiger charge is 2.29. The van der Waals surface area contributed by atoms with Crippen LogP contribution in [0.3, 0.4) is 0 Å². The van der Waals surface area contributed by atoms with Gasteiger partial charge in [0.2, 0.25) is 0 Å². The van der Waals surface area contributed by atoms with Gasteiger partial charge in [0.25, 0.3) is 0 Å². The smallest absolute Gasteiger partial charge is 0.329 e. The van der Waals surface area contributed by atoms with Crippen LogP contribution in [0.2, 0.25) is 0 Å². The van der Waals surface area contributed by atoms with E-state index in [2.05, 4.69) is 23.7 Å². The number of hydrazine groups is 1. The molecule has 0 saturated carbocycles. The molecule has 2 aliphatic rings. The molecule has 2 aliphatic heterocycles. The molecule has 0 spiro atoms. The van der Waals surface area contributed by atoms with E-state index in [4.69, 9.17) is 4.74 Å². The van der Waals surface area contributed by atoms with Gasteiger partial charge in [0.1, 0.15) is 11.9 Å². The average molecular weight is 353 g/mol. The molecule has 25 heavy (non-hydrogen) atoms. The number of ether oxygens (including phenoxy) is 1. The Morgan fingerprint density at radius 1 is 1.32 bits per heavy atom. The van der Waals surface area contributed by atoms with Crippen LogP contribution < -0.4 is 10.7 Å². The summed E-state index contributed by atoms with van der Waals surface area (Å²) in [5.41, 5.74) is 6.51. The third-order valence-electron chi connectivity index (χ3n) is 3.63.